The van der Waals surface area contributed by atoms with Crippen LogP contribution in [0.2, 0.25) is 5.02 Å². The number of carboxylic acid groups (broad SMARTS) is 1. The van der Waals surface area contributed by atoms with Crippen LogP contribution in [-0.2, 0) is 0 Å². The molecule has 2 aromatic rings. The number of halogens is 1. The molecule has 2 aromatic carbocycles. The van der Waals surface area contributed by atoms with Crippen LogP contribution in [0.15, 0.2) is 53.6 Å². The number of nitrogens with zero attached hydrogens (tertiary/aromatic N) is 1. The fourth-order valence-corrected chi connectivity index (χ4v) is 1.58. The third-order valence-electron chi connectivity index (χ3n) is 2.39. The molecule has 0 heterocycles. The highest BCUT2D eigenvalue weighted by atomic mass is 35.5. The van der Waals surface area contributed by atoms with Crippen molar-refractivity contribution in [2.45, 2.75) is 0 Å². The molecule has 0 fully saturated rings. The van der Waals surface area contributed by atoms with E-state index in [2.05, 4.69) is 10.5 Å². The average Bonchev–Trinajstić information content (AvgIpc) is 2.41. The summed E-state index contributed by atoms with van der Waals surface area (Å²) in [5, 5.41) is 13.6. The summed E-state index contributed by atoms with van der Waals surface area (Å²) < 4.78 is 0. The van der Waals surface area contributed by atoms with E-state index in [1.54, 1.807) is 30.5 Å². The van der Waals surface area contributed by atoms with Gasteiger partial charge in [0, 0.05) is 5.02 Å². The van der Waals surface area contributed by atoms with Gasteiger partial charge in [0.1, 0.15) is 0 Å². The van der Waals surface area contributed by atoms with E-state index >= 15 is 0 Å². The Hall–Kier alpha value is -2.33. The summed E-state index contributed by atoms with van der Waals surface area (Å²) in [6.45, 7) is 0. The minimum absolute atomic E-state index is 0.215. The molecule has 5 heteroatoms. The Bertz CT molecular complexity index is 609. The van der Waals surface area contributed by atoms with Crippen LogP contribution in [0.5, 0.6) is 0 Å². The van der Waals surface area contributed by atoms with Crippen molar-refractivity contribution in [2.24, 2.45) is 5.10 Å². The normalized spacial score (nSPS) is 10.6. The Morgan fingerprint density at radius 2 is 1.95 bits per heavy atom. The monoisotopic (exact) mass is 274 g/mol. The minimum Gasteiger partial charge on any atom is -0.478 e. The Morgan fingerprint density at radius 3 is 2.63 bits per heavy atom. The van der Waals surface area contributed by atoms with E-state index in [1.807, 2.05) is 12.1 Å². The molecule has 0 aliphatic rings. The molecular formula is C14H11ClN2O2. The lowest BCUT2D eigenvalue weighted by atomic mass is 10.2. The molecule has 0 aliphatic heterocycles. The molecule has 0 atom stereocenters. The van der Waals surface area contributed by atoms with Gasteiger partial charge in [0.15, 0.2) is 0 Å². The lowest BCUT2D eigenvalue weighted by Gasteiger charge is -2.01. The second kappa shape index (κ2) is 6.02. The van der Waals surface area contributed by atoms with Crippen LogP contribution in [0.4, 0.5) is 5.69 Å². The second-order valence-corrected chi connectivity index (χ2v) is 4.24. The second-order valence-electron chi connectivity index (χ2n) is 3.81. The Balaban J connectivity index is 2.04. The first-order chi connectivity index (χ1) is 9.15. The molecular weight excluding hydrogens is 264 g/mol. The Labute approximate surface area is 115 Å². The highest BCUT2D eigenvalue weighted by Crippen LogP contribution is 2.11. The molecule has 0 spiro atoms. The number of nitrogens with one attached hydrogen (secondary N) is 1. The zero-order valence-electron chi connectivity index (χ0n) is 9.88. The average molecular weight is 275 g/mol. The lowest BCUT2D eigenvalue weighted by molar-refractivity contribution is 0.0697. The van der Waals surface area contributed by atoms with Crippen molar-refractivity contribution in [3.05, 3.63) is 64.7 Å². The zero-order valence-corrected chi connectivity index (χ0v) is 10.6. The van der Waals surface area contributed by atoms with Crippen molar-refractivity contribution in [1.29, 1.82) is 0 Å². The highest BCUT2D eigenvalue weighted by molar-refractivity contribution is 6.30. The maximum atomic E-state index is 10.8. The molecule has 0 aromatic heterocycles. The van der Waals surface area contributed by atoms with Crippen LogP contribution in [0, 0.1) is 0 Å². The molecule has 0 amide bonds. The summed E-state index contributed by atoms with van der Waals surface area (Å²) in [6, 6.07) is 13.7. The first kappa shape index (κ1) is 13.1. The predicted molar refractivity (Wildman–Crippen MR) is 76.1 cm³/mol. The maximum Gasteiger partial charge on any atom is 0.335 e. The van der Waals surface area contributed by atoms with Gasteiger partial charge in [-0.3, -0.25) is 5.43 Å². The number of benzene rings is 2. The van der Waals surface area contributed by atoms with Gasteiger partial charge in [-0.15, -0.1) is 0 Å². The van der Waals surface area contributed by atoms with E-state index in [4.69, 9.17) is 16.7 Å². The van der Waals surface area contributed by atoms with Gasteiger partial charge in [-0.05, 0) is 35.9 Å². The number of hydrazone groups is 1. The number of hydrogen-bond donors (Lipinski definition) is 2. The summed E-state index contributed by atoms with van der Waals surface area (Å²) in [6.07, 6.45) is 1.63. The van der Waals surface area contributed by atoms with Crippen molar-refractivity contribution >= 4 is 29.5 Å². The minimum atomic E-state index is -0.967. The molecule has 0 aliphatic carbocycles. The van der Waals surface area contributed by atoms with Crippen molar-refractivity contribution < 1.29 is 9.90 Å². The largest absolute Gasteiger partial charge is 0.478 e. The fourth-order valence-electron chi connectivity index (χ4n) is 1.45. The van der Waals surface area contributed by atoms with Crippen molar-refractivity contribution in [1.82, 2.24) is 0 Å². The highest BCUT2D eigenvalue weighted by Gasteiger charge is 2.01. The van der Waals surface area contributed by atoms with Gasteiger partial charge in [-0.1, -0.05) is 29.8 Å². The standard InChI is InChI=1S/C14H11ClN2O2/c15-12-6-4-10(5-7-12)9-16-17-13-3-1-2-11(8-13)14(18)19/h1-9,17H,(H,18,19). The van der Waals surface area contributed by atoms with Gasteiger partial charge in [-0.25, -0.2) is 4.79 Å². The van der Waals surface area contributed by atoms with Crippen LogP contribution in [0.3, 0.4) is 0 Å². The van der Waals surface area contributed by atoms with Crippen LogP contribution in [-0.4, -0.2) is 17.3 Å². The van der Waals surface area contributed by atoms with Gasteiger partial charge in [0.2, 0.25) is 0 Å². The zero-order chi connectivity index (χ0) is 13.7. The molecule has 0 bridgehead atoms. The van der Waals surface area contributed by atoms with Crippen LogP contribution < -0.4 is 5.43 Å². The topological polar surface area (TPSA) is 61.7 Å². The third-order valence-corrected chi connectivity index (χ3v) is 2.64. The molecule has 4 nitrogen and oxygen atoms in total. The molecule has 0 saturated carbocycles. The van der Waals surface area contributed by atoms with Gasteiger partial charge < -0.3 is 5.11 Å². The van der Waals surface area contributed by atoms with Crippen LogP contribution in [0.1, 0.15) is 15.9 Å². The fraction of sp³-hybridized carbons (Fsp3) is 0. The number of aromatic carboxylic acids is 1. The van der Waals surface area contributed by atoms with Crippen molar-refractivity contribution in [2.75, 3.05) is 5.43 Å². The number of carboxylic acids is 1. The van der Waals surface area contributed by atoms with E-state index in [1.165, 1.54) is 12.1 Å². The van der Waals surface area contributed by atoms with Crippen LogP contribution in [0.25, 0.3) is 0 Å². The van der Waals surface area contributed by atoms with E-state index in [0.717, 1.165) is 5.56 Å². The summed E-state index contributed by atoms with van der Waals surface area (Å²) in [5.74, 6) is -0.967. The van der Waals surface area contributed by atoms with Gasteiger partial charge in [0.25, 0.3) is 0 Å². The molecule has 0 saturated heterocycles. The molecule has 2 N–H and O–H groups in total. The predicted octanol–water partition coefficient (Wildman–Crippen LogP) is 3.48. The molecule has 19 heavy (non-hydrogen) atoms. The third kappa shape index (κ3) is 3.82. The van der Waals surface area contributed by atoms with E-state index in [0.29, 0.717) is 10.7 Å². The summed E-state index contributed by atoms with van der Waals surface area (Å²) in [5.41, 5.74) is 4.50. The summed E-state index contributed by atoms with van der Waals surface area (Å²) in [4.78, 5) is 10.8. The van der Waals surface area contributed by atoms with Crippen LogP contribution >= 0.6 is 11.6 Å². The maximum absolute atomic E-state index is 10.8. The Kier molecular flexibility index (Phi) is 4.15. The smallest absolute Gasteiger partial charge is 0.335 e. The molecule has 0 unspecified atom stereocenters. The van der Waals surface area contributed by atoms with Gasteiger partial charge >= 0.3 is 5.97 Å². The SMILES string of the molecule is O=C(O)c1cccc(NN=Cc2ccc(Cl)cc2)c1. The summed E-state index contributed by atoms with van der Waals surface area (Å²) in [7, 11) is 0. The quantitative estimate of drug-likeness (QED) is 0.663. The van der Waals surface area contributed by atoms with E-state index in [-0.39, 0.29) is 5.56 Å². The molecule has 2 rings (SSSR count). The van der Waals surface area contributed by atoms with E-state index < -0.39 is 5.97 Å². The Morgan fingerprint density at radius 1 is 1.21 bits per heavy atom. The number of carbonyl (C=O) groups is 1. The van der Waals surface area contributed by atoms with Crippen molar-refractivity contribution in [3.8, 4) is 0 Å². The number of anilines is 1. The van der Waals surface area contributed by atoms with Gasteiger partial charge in [-0.2, -0.15) is 5.10 Å². The number of rotatable bonds is 4. The first-order valence-corrected chi connectivity index (χ1v) is 5.91. The van der Waals surface area contributed by atoms with Gasteiger partial charge in [0.05, 0.1) is 17.5 Å². The molecule has 96 valence electrons. The first-order valence-electron chi connectivity index (χ1n) is 5.53. The van der Waals surface area contributed by atoms with Crippen molar-refractivity contribution in [3.63, 3.8) is 0 Å². The molecule has 0 radical (unpaired) electrons. The van der Waals surface area contributed by atoms with E-state index in [9.17, 15) is 4.79 Å². The number of hydrogen-bond acceptors (Lipinski definition) is 3. The lowest BCUT2D eigenvalue weighted by Crippen LogP contribution is -1.97. The summed E-state index contributed by atoms with van der Waals surface area (Å²) >= 11 is 5.77.